The van der Waals surface area contributed by atoms with Crippen LogP contribution in [0.3, 0.4) is 0 Å². The molecule has 0 aromatic heterocycles. The molecule has 0 aliphatic rings. The van der Waals surface area contributed by atoms with Crippen molar-refractivity contribution in [1.29, 1.82) is 0 Å². The van der Waals surface area contributed by atoms with Gasteiger partial charge in [0.05, 0.1) is 0 Å². The first kappa shape index (κ1) is 16.3. The summed E-state index contributed by atoms with van der Waals surface area (Å²) >= 11 is 1.80. The molecule has 1 aromatic rings. The van der Waals surface area contributed by atoms with Gasteiger partial charge < -0.3 is 10.4 Å². The molecule has 0 saturated heterocycles. The summed E-state index contributed by atoms with van der Waals surface area (Å²) in [4.78, 5) is 22.4. The molecular formula is C15H19NO3S. The monoisotopic (exact) mass is 293 g/mol. The molecule has 0 aliphatic carbocycles. The molecular weight excluding hydrogens is 274 g/mol. The predicted octanol–water partition coefficient (Wildman–Crippen LogP) is 2.66. The van der Waals surface area contributed by atoms with Gasteiger partial charge >= 0.3 is 5.97 Å². The van der Waals surface area contributed by atoms with Crippen LogP contribution in [-0.2, 0) is 4.79 Å². The summed E-state index contributed by atoms with van der Waals surface area (Å²) in [6, 6.07) is 6.89. The highest BCUT2D eigenvalue weighted by atomic mass is 32.2. The molecule has 0 aliphatic heterocycles. The number of carboxylic acids is 1. The zero-order valence-electron chi connectivity index (χ0n) is 11.5. The van der Waals surface area contributed by atoms with E-state index in [0.29, 0.717) is 17.7 Å². The van der Waals surface area contributed by atoms with Crippen LogP contribution in [0.15, 0.2) is 30.3 Å². The van der Waals surface area contributed by atoms with E-state index in [-0.39, 0.29) is 5.91 Å². The van der Waals surface area contributed by atoms with Crippen molar-refractivity contribution in [2.24, 2.45) is 0 Å². The highest BCUT2D eigenvalue weighted by molar-refractivity contribution is 7.98. The van der Waals surface area contributed by atoms with E-state index in [1.165, 1.54) is 6.08 Å². The maximum absolute atomic E-state index is 11.9. The summed E-state index contributed by atoms with van der Waals surface area (Å²) in [6.07, 6.45) is 6.64. The van der Waals surface area contributed by atoms with Gasteiger partial charge in [-0.1, -0.05) is 12.1 Å². The molecule has 0 bridgehead atoms. The molecule has 5 heteroatoms. The molecule has 0 radical (unpaired) electrons. The fraction of sp³-hybridized carbons (Fsp3) is 0.333. The van der Waals surface area contributed by atoms with E-state index in [1.54, 1.807) is 36.0 Å². The second-order valence-electron chi connectivity index (χ2n) is 4.25. The number of hydrogen-bond donors (Lipinski definition) is 2. The minimum Gasteiger partial charge on any atom is -0.478 e. The zero-order valence-corrected chi connectivity index (χ0v) is 12.3. The van der Waals surface area contributed by atoms with Gasteiger partial charge in [-0.15, -0.1) is 0 Å². The number of carbonyl (C=O) groups is 2. The van der Waals surface area contributed by atoms with Crippen molar-refractivity contribution in [3.8, 4) is 0 Å². The number of unbranched alkanes of at least 4 members (excludes halogenated alkanes) is 1. The maximum atomic E-state index is 11.9. The summed E-state index contributed by atoms with van der Waals surface area (Å²) in [5.74, 6) is -0.0286. The molecule has 4 nitrogen and oxygen atoms in total. The van der Waals surface area contributed by atoms with Crippen LogP contribution >= 0.6 is 11.8 Å². The lowest BCUT2D eigenvalue weighted by molar-refractivity contribution is -0.131. The molecule has 2 N–H and O–H groups in total. The summed E-state index contributed by atoms with van der Waals surface area (Å²) < 4.78 is 0. The first-order chi connectivity index (χ1) is 9.63. The number of aliphatic carboxylic acids is 1. The van der Waals surface area contributed by atoms with Gasteiger partial charge in [0.2, 0.25) is 0 Å². The fourth-order valence-corrected chi connectivity index (χ4v) is 2.12. The van der Waals surface area contributed by atoms with E-state index in [4.69, 9.17) is 5.11 Å². The Bertz CT molecular complexity index is 486. The average Bonchev–Trinajstić information content (AvgIpc) is 2.45. The van der Waals surface area contributed by atoms with Crippen LogP contribution < -0.4 is 5.32 Å². The standard InChI is InChI=1S/C15H19NO3S/c1-20-10-3-2-9-16-15(19)13-6-4-5-12(11-13)7-8-14(17)18/h4-8,11H,2-3,9-10H2,1H3,(H,16,19)(H,17,18)/b8-7+. The van der Waals surface area contributed by atoms with Gasteiger partial charge in [0.25, 0.3) is 5.91 Å². The Morgan fingerprint density at radius 2 is 2.15 bits per heavy atom. The molecule has 1 amide bonds. The van der Waals surface area contributed by atoms with Gasteiger partial charge in [0.1, 0.15) is 0 Å². The minimum atomic E-state index is -1.01. The number of rotatable bonds is 8. The van der Waals surface area contributed by atoms with E-state index in [2.05, 4.69) is 11.6 Å². The Labute approximate surface area is 123 Å². The molecule has 0 atom stereocenters. The summed E-state index contributed by atoms with van der Waals surface area (Å²) in [6.45, 7) is 0.661. The van der Waals surface area contributed by atoms with Crippen LogP contribution in [-0.4, -0.2) is 35.5 Å². The lowest BCUT2D eigenvalue weighted by Crippen LogP contribution is -2.24. The number of carbonyl (C=O) groups excluding carboxylic acids is 1. The largest absolute Gasteiger partial charge is 0.478 e. The van der Waals surface area contributed by atoms with E-state index in [0.717, 1.165) is 24.7 Å². The molecule has 1 aromatic carbocycles. The lowest BCUT2D eigenvalue weighted by Gasteiger charge is -2.05. The predicted molar refractivity (Wildman–Crippen MR) is 83.1 cm³/mol. The van der Waals surface area contributed by atoms with Gasteiger partial charge in [-0.3, -0.25) is 4.79 Å². The van der Waals surface area contributed by atoms with Crippen molar-refractivity contribution in [1.82, 2.24) is 5.32 Å². The van der Waals surface area contributed by atoms with Crippen molar-refractivity contribution < 1.29 is 14.7 Å². The van der Waals surface area contributed by atoms with Crippen LogP contribution in [0.5, 0.6) is 0 Å². The number of amides is 1. The molecule has 0 heterocycles. The van der Waals surface area contributed by atoms with Gasteiger partial charge in [-0.2, -0.15) is 11.8 Å². The first-order valence-electron chi connectivity index (χ1n) is 6.41. The number of hydrogen-bond acceptors (Lipinski definition) is 3. The third kappa shape index (κ3) is 6.43. The Morgan fingerprint density at radius 1 is 1.35 bits per heavy atom. The van der Waals surface area contributed by atoms with Crippen molar-refractivity contribution in [2.45, 2.75) is 12.8 Å². The van der Waals surface area contributed by atoms with Crippen LogP contribution in [0.2, 0.25) is 0 Å². The van der Waals surface area contributed by atoms with Crippen LogP contribution in [0.4, 0.5) is 0 Å². The Morgan fingerprint density at radius 3 is 2.85 bits per heavy atom. The van der Waals surface area contributed by atoms with Gasteiger partial charge in [0, 0.05) is 18.2 Å². The summed E-state index contributed by atoms with van der Waals surface area (Å²) in [5, 5.41) is 11.4. The maximum Gasteiger partial charge on any atom is 0.328 e. The van der Waals surface area contributed by atoms with Crippen LogP contribution in [0, 0.1) is 0 Å². The molecule has 20 heavy (non-hydrogen) atoms. The minimum absolute atomic E-state index is 0.125. The SMILES string of the molecule is CSCCCCNC(=O)c1cccc(/C=C/C(=O)O)c1. The summed E-state index contributed by atoms with van der Waals surface area (Å²) in [7, 11) is 0. The van der Waals surface area contributed by atoms with Crippen molar-refractivity contribution in [3.63, 3.8) is 0 Å². The number of benzene rings is 1. The van der Waals surface area contributed by atoms with Gasteiger partial charge in [-0.25, -0.2) is 4.79 Å². The highest BCUT2D eigenvalue weighted by Gasteiger charge is 2.04. The summed E-state index contributed by atoms with van der Waals surface area (Å²) in [5.41, 5.74) is 1.24. The average molecular weight is 293 g/mol. The smallest absolute Gasteiger partial charge is 0.328 e. The quantitative estimate of drug-likeness (QED) is 0.571. The van der Waals surface area contributed by atoms with Gasteiger partial charge in [0.15, 0.2) is 0 Å². The van der Waals surface area contributed by atoms with E-state index >= 15 is 0 Å². The third-order valence-electron chi connectivity index (χ3n) is 2.63. The Balaban J connectivity index is 2.51. The molecule has 0 unspecified atom stereocenters. The second kappa shape index (κ2) is 9.20. The van der Waals surface area contributed by atoms with E-state index in [1.807, 2.05) is 0 Å². The lowest BCUT2D eigenvalue weighted by atomic mass is 10.1. The molecule has 0 spiro atoms. The van der Waals surface area contributed by atoms with Gasteiger partial charge in [-0.05, 0) is 48.6 Å². The molecule has 0 fully saturated rings. The number of carboxylic acid groups (broad SMARTS) is 1. The fourth-order valence-electron chi connectivity index (χ4n) is 1.63. The van der Waals surface area contributed by atoms with Crippen molar-refractivity contribution >= 4 is 29.7 Å². The highest BCUT2D eigenvalue weighted by Crippen LogP contribution is 2.07. The number of nitrogens with one attached hydrogen (secondary N) is 1. The van der Waals surface area contributed by atoms with E-state index < -0.39 is 5.97 Å². The first-order valence-corrected chi connectivity index (χ1v) is 7.81. The zero-order chi connectivity index (χ0) is 14.8. The molecule has 1 rings (SSSR count). The van der Waals surface area contributed by atoms with Crippen LogP contribution in [0.1, 0.15) is 28.8 Å². The normalized spacial score (nSPS) is 10.7. The topological polar surface area (TPSA) is 66.4 Å². The van der Waals surface area contributed by atoms with Crippen molar-refractivity contribution in [2.75, 3.05) is 18.6 Å². The Hall–Kier alpha value is -1.75. The number of thioether (sulfide) groups is 1. The van der Waals surface area contributed by atoms with Crippen LogP contribution in [0.25, 0.3) is 6.08 Å². The van der Waals surface area contributed by atoms with E-state index in [9.17, 15) is 9.59 Å². The molecule has 108 valence electrons. The third-order valence-corrected chi connectivity index (χ3v) is 3.32. The second-order valence-corrected chi connectivity index (χ2v) is 5.24. The Kier molecular flexibility index (Phi) is 7.50. The molecule has 0 saturated carbocycles. The van der Waals surface area contributed by atoms with Crippen molar-refractivity contribution in [3.05, 3.63) is 41.5 Å².